The third kappa shape index (κ3) is 5.19. The van der Waals surface area contributed by atoms with Crippen molar-refractivity contribution in [1.29, 1.82) is 5.26 Å². The minimum absolute atomic E-state index is 0.538. The smallest absolute Gasteiger partial charge is 0.119 e. The Morgan fingerprint density at radius 3 is 2.09 bits per heavy atom. The van der Waals surface area contributed by atoms with Gasteiger partial charge in [-0.3, -0.25) is 0 Å². The van der Waals surface area contributed by atoms with E-state index in [2.05, 4.69) is 26.0 Å². The summed E-state index contributed by atoms with van der Waals surface area (Å²) < 4.78 is 5.96. The maximum atomic E-state index is 9.98. The van der Waals surface area contributed by atoms with Crippen LogP contribution in [0.4, 0.5) is 0 Å². The molecule has 0 spiro atoms. The predicted octanol–water partition coefficient (Wildman–Crippen LogP) is 7.08. The molecule has 0 saturated carbocycles. The number of rotatable bonds is 7. The van der Waals surface area contributed by atoms with Gasteiger partial charge in [0.15, 0.2) is 0 Å². The van der Waals surface area contributed by atoms with E-state index >= 15 is 0 Å². The van der Waals surface area contributed by atoms with Gasteiger partial charge < -0.3 is 4.74 Å². The van der Waals surface area contributed by atoms with Gasteiger partial charge in [0.05, 0.1) is 17.9 Å². The molecule has 0 amide bonds. The molecule has 0 unspecified atom stereocenters. The Labute approximate surface area is 193 Å². The van der Waals surface area contributed by atoms with E-state index in [-0.39, 0.29) is 0 Å². The van der Waals surface area contributed by atoms with Crippen LogP contribution in [0.15, 0.2) is 90.0 Å². The maximum Gasteiger partial charge on any atom is 0.119 e. The molecule has 0 atom stereocenters. The van der Waals surface area contributed by atoms with Crippen LogP contribution < -0.4 is 4.74 Å². The van der Waals surface area contributed by atoms with Gasteiger partial charge in [0.25, 0.3) is 0 Å². The van der Waals surface area contributed by atoms with Crippen LogP contribution in [0.2, 0.25) is 0 Å². The van der Waals surface area contributed by atoms with Gasteiger partial charge in [0.1, 0.15) is 16.8 Å². The Morgan fingerprint density at radius 2 is 1.47 bits per heavy atom. The van der Waals surface area contributed by atoms with Gasteiger partial charge in [-0.15, -0.1) is 11.8 Å². The van der Waals surface area contributed by atoms with Gasteiger partial charge in [-0.25, -0.2) is 4.98 Å². The first kappa shape index (κ1) is 21.7. The van der Waals surface area contributed by atoms with Crippen molar-refractivity contribution in [1.82, 2.24) is 4.98 Å². The fourth-order valence-electron chi connectivity index (χ4n) is 3.65. The fraction of sp³-hybridized carbons (Fsp3) is 0.143. The lowest BCUT2D eigenvalue weighted by molar-refractivity contribution is 0.343. The van der Waals surface area contributed by atoms with Gasteiger partial charge >= 0.3 is 0 Å². The van der Waals surface area contributed by atoms with Crippen molar-refractivity contribution in [2.45, 2.75) is 18.9 Å². The van der Waals surface area contributed by atoms with Gasteiger partial charge in [0.2, 0.25) is 0 Å². The van der Waals surface area contributed by atoms with Crippen LogP contribution >= 0.6 is 11.8 Å². The summed E-state index contributed by atoms with van der Waals surface area (Å²) in [5.41, 5.74) is 6.78. The van der Waals surface area contributed by atoms with Gasteiger partial charge in [-0.1, -0.05) is 66.7 Å². The number of thioether (sulfide) groups is 1. The largest absolute Gasteiger partial charge is 0.493 e. The minimum atomic E-state index is 0.538. The number of benzene rings is 3. The molecule has 3 nitrogen and oxygen atoms in total. The molecule has 0 aliphatic carbocycles. The summed E-state index contributed by atoms with van der Waals surface area (Å²) in [4.78, 5) is 4.86. The molecule has 4 aromatic rings. The van der Waals surface area contributed by atoms with E-state index in [9.17, 15) is 5.26 Å². The molecule has 4 rings (SSSR count). The molecule has 0 fully saturated rings. The van der Waals surface area contributed by atoms with Crippen LogP contribution in [0, 0.1) is 25.2 Å². The molecular weight excluding hydrogens is 412 g/mol. The van der Waals surface area contributed by atoms with Crippen LogP contribution in [0.3, 0.4) is 0 Å². The van der Waals surface area contributed by atoms with E-state index in [0.717, 1.165) is 33.2 Å². The van der Waals surface area contributed by atoms with E-state index in [4.69, 9.17) is 9.72 Å². The lowest BCUT2D eigenvalue weighted by Gasteiger charge is -2.13. The SMILES string of the molecule is Cc1cc(C)cc(OCCSc2nc(-c3ccccc3)cc(-c3ccccc3)c2C#N)c1. The topological polar surface area (TPSA) is 45.9 Å². The van der Waals surface area contributed by atoms with Crippen LogP contribution in [-0.4, -0.2) is 17.3 Å². The number of aryl methyl sites for hydroxylation is 2. The lowest BCUT2D eigenvalue weighted by atomic mass is 9.99. The van der Waals surface area contributed by atoms with E-state index in [0.29, 0.717) is 17.9 Å². The first-order chi connectivity index (χ1) is 15.6. The summed E-state index contributed by atoms with van der Waals surface area (Å²) in [7, 11) is 0. The summed E-state index contributed by atoms with van der Waals surface area (Å²) in [6.07, 6.45) is 0. The Hall–Kier alpha value is -3.55. The average molecular weight is 437 g/mol. The molecule has 0 aliphatic heterocycles. The first-order valence-electron chi connectivity index (χ1n) is 10.5. The molecule has 0 bridgehead atoms. The second kappa shape index (κ2) is 10.2. The third-order valence-corrected chi connectivity index (χ3v) is 5.98. The molecule has 32 heavy (non-hydrogen) atoms. The van der Waals surface area contributed by atoms with Crippen LogP contribution in [0.5, 0.6) is 5.75 Å². The van der Waals surface area contributed by atoms with Crippen LogP contribution in [0.1, 0.15) is 16.7 Å². The van der Waals surface area contributed by atoms with Gasteiger partial charge in [-0.05, 0) is 48.7 Å². The molecule has 0 saturated heterocycles. The summed E-state index contributed by atoms with van der Waals surface area (Å²) >= 11 is 1.56. The number of nitriles is 1. The second-order valence-corrected chi connectivity index (χ2v) is 8.68. The van der Waals surface area contributed by atoms with E-state index < -0.39 is 0 Å². The van der Waals surface area contributed by atoms with E-state index in [1.807, 2.05) is 78.9 Å². The first-order valence-corrected chi connectivity index (χ1v) is 11.5. The molecule has 1 aromatic heterocycles. The van der Waals surface area contributed by atoms with Gasteiger partial charge in [-0.2, -0.15) is 5.26 Å². The molecule has 0 aliphatic rings. The maximum absolute atomic E-state index is 9.98. The van der Waals surface area contributed by atoms with Crippen LogP contribution in [0.25, 0.3) is 22.4 Å². The number of pyridine rings is 1. The molecule has 1 heterocycles. The third-order valence-electron chi connectivity index (χ3n) is 5.04. The molecule has 3 aromatic carbocycles. The quantitative estimate of drug-likeness (QED) is 0.229. The minimum Gasteiger partial charge on any atom is -0.493 e. The molecule has 0 radical (unpaired) electrons. The molecule has 0 N–H and O–H groups in total. The van der Waals surface area contributed by atoms with Crippen molar-refractivity contribution in [2.24, 2.45) is 0 Å². The van der Waals surface area contributed by atoms with Gasteiger partial charge in [0, 0.05) is 16.9 Å². The number of aromatic nitrogens is 1. The number of nitrogens with zero attached hydrogens (tertiary/aromatic N) is 2. The van der Waals surface area contributed by atoms with Crippen molar-refractivity contribution in [2.75, 3.05) is 12.4 Å². The normalized spacial score (nSPS) is 10.5. The molecular formula is C28H24N2OS. The standard InChI is InChI=1S/C28H24N2OS/c1-20-15-21(2)17-24(16-20)31-13-14-32-28-26(19-29)25(22-9-5-3-6-10-22)18-27(30-28)23-11-7-4-8-12-23/h3-12,15-18H,13-14H2,1-2H3. The summed E-state index contributed by atoms with van der Waals surface area (Å²) in [6.45, 7) is 4.67. The lowest BCUT2D eigenvalue weighted by Crippen LogP contribution is -2.02. The Bertz CT molecular complexity index is 1230. The van der Waals surface area contributed by atoms with Crippen LogP contribution in [-0.2, 0) is 0 Å². The summed E-state index contributed by atoms with van der Waals surface area (Å²) in [5, 5.41) is 10.7. The zero-order chi connectivity index (χ0) is 22.3. The van der Waals surface area contributed by atoms with Crippen molar-refractivity contribution in [3.8, 4) is 34.2 Å². The number of ether oxygens (including phenoxy) is 1. The number of hydrogen-bond acceptors (Lipinski definition) is 4. The highest BCUT2D eigenvalue weighted by Gasteiger charge is 2.15. The highest BCUT2D eigenvalue weighted by molar-refractivity contribution is 7.99. The predicted molar refractivity (Wildman–Crippen MR) is 132 cm³/mol. The number of hydrogen-bond donors (Lipinski definition) is 0. The van der Waals surface area contributed by atoms with Crippen molar-refractivity contribution in [3.05, 3.63) is 102 Å². The zero-order valence-electron chi connectivity index (χ0n) is 18.2. The summed E-state index contributed by atoms with van der Waals surface area (Å²) in [6, 6.07) is 30.7. The Kier molecular flexibility index (Phi) is 6.89. The molecule has 4 heteroatoms. The van der Waals surface area contributed by atoms with Crippen molar-refractivity contribution < 1.29 is 4.74 Å². The second-order valence-electron chi connectivity index (χ2n) is 7.60. The highest BCUT2D eigenvalue weighted by atomic mass is 32.2. The van der Waals surface area contributed by atoms with Crippen molar-refractivity contribution >= 4 is 11.8 Å². The zero-order valence-corrected chi connectivity index (χ0v) is 19.0. The Balaban J connectivity index is 1.62. The Morgan fingerprint density at radius 1 is 0.844 bits per heavy atom. The fourth-order valence-corrected chi connectivity index (χ4v) is 4.47. The monoisotopic (exact) mass is 436 g/mol. The average Bonchev–Trinajstić information content (AvgIpc) is 2.82. The van der Waals surface area contributed by atoms with E-state index in [1.165, 1.54) is 11.1 Å². The molecule has 158 valence electrons. The van der Waals surface area contributed by atoms with Crippen molar-refractivity contribution in [3.63, 3.8) is 0 Å². The highest BCUT2D eigenvalue weighted by Crippen LogP contribution is 2.34. The van der Waals surface area contributed by atoms with E-state index in [1.54, 1.807) is 11.8 Å². The summed E-state index contributed by atoms with van der Waals surface area (Å²) in [5.74, 6) is 1.57.